The van der Waals surface area contributed by atoms with Crippen molar-refractivity contribution >= 4 is 27.8 Å². The number of fused-ring (bicyclic) bond motifs is 2. The Hall–Kier alpha value is -4.91. The Labute approximate surface area is 245 Å². The van der Waals surface area contributed by atoms with Crippen molar-refractivity contribution in [3.63, 3.8) is 0 Å². The van der Waals surface area contributed by atoms with Gasteiger partial charge in [-0.1, -0.05) is 91.0 Å². The van der Waals surface area contributed by atoms with Gasteiger partial charge in [0.15, 0.2) is 5.82 Å². The Balaban J connectivity index is 1.44. The van der Waals surface area contributed by atoms with Crippen LogP contribution in [0.25, 0.3) is 21.7 Å². The predicted octanol–water partition coefficient (Wildman–Crippen LogP) is 7.36. The van der Waals surface area contributed by atoms with Crippen LogP contribution >= 0.6 is 0 Å². The zero-order valence-electron chi connectivity index (χ0n) is 24.2. The van der Waals surface area contributed by atoms with E-state index in [1.165, 1.54) is 10.8 Å². The number of hydrogen-bond donors (Lipinski definition) is 2. The molecular formula is C35H35N5O2. The molecule has 6 aromatic rings. The Morgan fingerprint density at radius 1 is 0.857 bits per heavy atom. The van der Waals surface area contributed by atoms with Crippen LogP contribution < -0.4 is 5.32 Å². The normalized spacial score (nSPS) is 12.5. The molecule has 0 saturated carbocycles. The van der Waals surface area contributed by atoms with Crippen molar-refractivity contribution in [3.8, 4) is 0 Å². The highest BCUT2D eigenvalue weighted by atomic mass is 16.6. The van der Waals surface area contributed by atoms with Gasteiger partial charge in [0.2, 0.25) is 0 Å². The van der Waals surface area contributed by atoms with Crippen molar-refractivity contribution in [2.24, 2.45) is 0 Å². The fourth-order valence-corrected chi connectivity index (χ4v) is 5.47. The van der Waals surface area contributed by atoms with E-state index in [0.29, 0.717) is 25.2 Å². The molecule has 4 aromatic carbocycles. The fraction of sp³-hybridized carbons (Fsp3) is 0.229. The maximum Gasteiger partial charge on any atom is 0.408 e. The van der Waals surface area contributed by atoms with Crippen LogP contribution in [0.1, 0.15) is 55.2 Å². The summed E-state index contributed by atoms with van der Waals surface area (Å²) in [6.45, 7) is 6.15. The maximum absolute atomic E-state index is 13.2. The zero-order valence-corrected chi connectivity index (χ0v) is 24.2. The summed E-state index contributed by atoms with van der Waals surface area (Å²) in [5.74, 6) is 1.52. The first-order chi connectivity index (χ1) is 20.3. The number of nitrogens with one attached hydrogen (secondary N) is 2. The summed E-state index contributed by atoms with van der Waals surface area (Å²) in [7, 11) is 0. The van der Waals surface area contributed by atoms with Crippen molar-refractivity contribution in [1.82, 2.24) is 25.1 Å². The fourth-order valence-electron chi connectivity index (χ4n) is 5.47. The Kier molecular flexibility index (Phi) is 7.48. The molecule has 0 bridgehead atoms. The van der Waals surface area contributed by atoms with Crippen molar-refractivity contribution < 1.29 is 9.53 Å². The highest BCUT2D eigenvalue weighted by Crippen LogP contribution is 2.27. The molecule has 0 aliphatic carbocycles. The summed E-state index contributed by atoms with van der Waals surface area (Å²) >= 11 is 0. The number of aromatic amines is 1. The lowest BCUT2D eigenvalue weighted by molar-refractivity contribution is 0.0500. The second-order valence-electron chi connectivity index (χ2n) is 11.6. The first-order valence-electron chi connectivity index (χ1n) is 14.3. The molecule has 7 nitrogen and oxygen atoms in total. The molecule has 212 valence electrons. The van der Waals surface area contributed by atoms with Crippen molar-refractivity contribution in [1.29, 1.82) is 0 Å². The van der Waals surface area contributed by atoms with Crippen molar-refractivity contribution in [3.05, 3.63) is 132 Å². The Morgan fingerprint density at radius 3 is 2.38 bits per heavy atom. The number of alkyl carbamates (subject to hydrolysis) is 1. The Morgan fingerprint density at radius 2 is 1.57 bits per heavy atom. The van der Waals surface area contributed by atoms with Crippen LogP contribution in [-0.2, 0) is 24.1 Å². The molecule has 1 atom stereocenters. The molecule has 1 amide bonds. The molecule has 0 unspecified atom stereocenters. The smallest absolute Gasteiger partial charge is 0.408 e. The third-order valence-corrected chi connectivity index (χ3v) is 7.37. The highest BCUT2D eigenvalue weighted by molar-refractivity contribution is 5.85. The van der Waals surface area contributed by atoms with E-state index in [0.717, 1.165) is 33.4 Å². The van der Waals surface area contributed by atoms with Crippen LogP contribution in [0.3, 0.4) is 0 Å². The van der Waals surface area contributed by atoms with E-state index in [1.807, 2.05) is 57.3 Å². The number of rotatable bonds is 8. The summed E-state index contributed by atoms with van der Waals surface area (Å²) in [4.78, 5) is 16.5. The summed E-state index contributed by atoms with van der Waals surface area (Å²) in [6.07, 6.45) is 2.65. The molecule has 6 rings (SSSR count). The standard InChI is InChI=1S/C35H35N5O2/c1-35(2,3)42-34(41)37-31(21-27-22-36-30-19-10-9-18-29(27)30)33-39-38-32(20-24-12-5-4-6-13-24)40(33)23-26-16-11-15-25-14-7-8-17-28(25)26/h4-19,22,31,36H,20-21,23H2,1-3H3,(H,37,41)/t31-/m1/s1. The van der Waals surface area contributed by atoms with Crippen LogP contribution in [0, 0.1) is 0 Å². The third-order valence-electron chi connectivity index (χ3n) is 7.37. The van der Waals surface area contributed by atoms with Gasteiger partial charge >= 0.3 is 6.09 Å². The number of H-pyrrole nitrogens is 1. The van der Waals surface area contributed by atoms with Gasteiger partial charge in [-0.2, -0.15) is 0 Å². The lowest BCUT2D eigenvalue weighted by Crippen LogP contribution is -2.37. The van der Waals surface area contributed by atoms with Gasteiger partial charge in [0.25, 0.3) is 0 Å². The molecule has 2 N–H and O–H groups in total. The second-order valence-corrected chi connectivity index (χ2v) is 11.6. The lowest BCUT2D eigenvalue weighted by Gasteiger charge is -2.24. The van der Waals surface area contributed by atoms with Crippen LogP contribution in [0.2, 0.25) is 0 Å². The number of ether oxygens (including phenoxy) is 1. The maximum atomic E-state index is 13.2. The van der Waals surface area contributed by atoms with Gasteiger partial charge in [-0.25, -0.2) is 4.79 Å². The van der Waals surface area contributed by atoms with Crippen LogP contribution in [0.5, 0.6) is 0 Å². The van der Waals surface area contributed by atoms with E-state index in [-0.39, 0.29) is 0 Å². The topological polar surface area (TPSA) is 84.8 Å². The van der Waals surface area contributed by atoms with Crippen LogP contribution in [0.15, 0.2) is 103 Å². The minimum absolute atomic E-state index is 0.481. The zero-order chi connectivity index (χ0) is 29.1. The SMILES string of the molecule is CC(C)(C)OC(=O)N[C@H](Cc1c[nH]c2ccccc12)c1nnc(Cc2ccccc2)n1Cc1cccc2ccccc12. The molecule has 42 heavy (non-hydrogen) atoms. The number of carbonyl (C=O) groups excluding carboxylic acids is 1. The lowest BCUT2D eigenvalue weighted by atomic mass is 10.0. The first kappa shape index (κ1) is 27.3. The molecule has 0 saturated heterocycles. The summed E-state index contributed by atoms with van der Waals surface area (Å²) in [5.41, 5.74) is 3.79. The number of carbonyl (C=O) groups is 1. The minimum atomic E-state index is -0.634. The third kappa shape index (κ3) is 6.05. The number of nitrogens with zero attached hydrogens (tertiary/aromatic N) is 3. The monoisotopic (exact) mass is 557 g/mol. The first-order valence-corrected chi connectivity index (χ1v) is 14.3. The van der Waals surface area contributed by atoms with E-state index >= 15 is 0 Å². The van der Waals surface area contributed by atoms with Crippen LogP contribution in [-0.4, -0.2) is 31.4 Å². The molecule has 2 aromatic heterocycles. The number of aromatic nitrogens is 4. The molecule has 7 heteroatoms. The predicted molar refractivity (Wildman–Crippen MR) is 166 cm³/mol. The molecule has 0 radical (unpaired) electrons. The Bertz CT molecular complexity index is 1830. The van der Waals surface area contributed by atoms with Gasteiger partial charge < -0.3 is 19.6 Å². The van der Waals surface area contributed by atoms with Crippen molar-refractivity contribution in [2.45, 2.75) is 51.8 Å². The molecule has 2 heterocycles. The molecular weight excluding hydrogens is 522 g/mol. The molecule has 0 aliphatic rings. The largest absolute Gasteiger partial charge is 0.444 e. The summed E-state index contributed by atoms with van der Waals surface area (Å²) in [6, 6.07) is 32.7. The van der Waals surface area contributed by atoms with E-state index in [4.69, 9.17) is 14.9 Å². The van der Waals surface area contributed by atoms with Gasteiger partial charge in [-0.15, -0.1) is 10.2 Å². The number of amides is 1. The number of benzene rings is 4. The van der Waals surface area contributed by atoms with Gasteiger partial charge in [0.1, 0.15) is 11.4 Å². The molecule has 0 aliphatic heterocycles. The van der Waals surface area contributed by atoms with E-state index in [9.17, 15) is 4.79 Å². The average Bonchev–Trinajstić information content (AvgIpc) is 3.56. The second kappa shape index (κ2) is 11.5. The van der Waals surface area contributed by atoms with Gasteiger partial charge in [-0.05, 0) is 54.3 Å². The van der Waals surface area contributed by atoms with Gasteiger partial charge in [0, 0.05) is 29.9 Å². The molecule has 0 spiro atoms. The van der Waals surface area contributed by atoms with E-state index in [1.54, 1.807) is 0 Å². The summed E-state index contributed by atoms with van der Waals surface area (Å²) in [5, 5.41) is 16.0. The molecule has 0 fully saturated rings. The number of para-hydroxylation sites is 1. The minimum Gasteiger partial charge on any atom is -0.444 e. The van der Waals surface area contributed by atoms with Gasteiger partial charge in [0.05, 0.1) is 12.6 Å². The van der Waals surface area contributed by atoms with E-state index < -0.39 is 17.7 Å². The summed E-state index contributed by atoms with van der Waals surface area (Å²) < 4.78 is 7.86. The van der Waals surface area contributed by atoms with Gasteiger partial charge in [-0.3, -0.25) is 0 Å². The van der Waals surface area contributed by atoms with Crippen molar-refractivity contribution in [2.75, 3.05) is 0 Å². The highest BCUT2D eigenvalue weighted by Gasteiger charge is 2.27. The van der Waals surface area contributed by atoms with E-state index in [2.05, 4.69) is 81.6 Å². The van der Waals surface area contributed by atoms with Crippen LogP contribution in [0.4, 0.5) is 4.79 Å². The number of hydrogen-bond acceptors (Lipinski definition) is 4. The average molecular weight is 558 g/mol. The quantitative estimate of drug-likeness (QED) is 0.205.